The molecule has 3 saturated carbocycles. The van der Waals surface area contributed by atoms with E-state index in [0.717, 1.165) is 51.0 Å². The van der Waals surface area contributed by atoms with Crippen molar-refractivity contribution in [3.8, 4) is 0 Å². The summed E-state index contributed by atoms with van der Waals surface area (Å²) in [4.78, 5) is 65.2. The Hall–Kier alpha value is -2.50. The molecule has 0 N–H and O–H groups in total. The molecule has 0 bridgehead atoms. The van der Waals surface area contributed by atoms with Gasteiger partial charge in [-0.1, -0.05) is 19.1 Å². The first-order chi connectivity index (χ1) is 15.1. The molecule has 3 fully saturated rings. The molecule has 0 spiro atoms. The van der Waals surface area contributed by atoms with Gasteiger partial charge in [0.15, 0.2) is 0 Å². The molecule has 5 unspecified atom stereocenters. The topological polar surface area (TPSA) is 102 Å². The molecule has 176 valence electrons. The van der Waals surface area contributed by atoms with E-state index in [1.165, 1.54) is 0 Å². The smallest absolute Gasteiger partial charge is 0.149 e. The van der Waals surface area contributed by atoms with Crippen LogP contribution in [0.3, 0.4) is 0 Å². The van der Waals surface area contributed by atoms with Crippen LogP contribution >= 0.6 is 0 Å². The summed E-state index contributed by atoms with van der Waals surface area (Å²) in [7, 11) is 0. The van der Waals surface area contributed by atoms with Crippen LogP contribution in [0, 0.1) is 28.6 Å². The molecule has 0 heterocycles. The number of carbonyl (C=O) groups is 6. The van der Waals surface area contributed by atoms with E-state index in [-0.39, 0.29) is 35.1 Å². The lowest BCUT2D eigenvalue weighted by atomic mass is 9.82. The fraction of sp³-hybridized carbons (Fsp3) is 0.615. The highest BCUT2D eigenvalue weighted by molar-refractivity contribution is 6.01. The largest absolute Gasteiger partial charge is 0.303 e. The number of ketones is 3. The third-order valence-electron chi connectivity index (χ3n) is 6.91. The van der Waals surface area contributed by atoms with E-state index in [1.54, 1.807) is 19.1 Å². The second-order valence-electron chi connectivity index (χ2n) is 9.33. The molecule has 0 aromatic rings. The first-order valence-electron chi connectivity index (χ1n) is 11.4. The first-order valence-corrected chi connectivity index (χ1v) is 11.4. The van der Waals surface area contributed by atoms with Gasteiger partial charge in [-0.25, -0.2) is 0 Å². The van der Waals surface area contributed by atoms with Crippen LogP contribution in [0.15, 0.2) is 25.3 Å². The highest BCUT2D eigenvalue weighted by atomic mass is 16.2. The van der Waals surface area contributed by atoms with Crippen LogP contribution in [-0.4, -0.2) is 36.2 Å². The molecule has 3 aliphatic rings. The minimum atomic E-state index is -0.768. The molecule has 6 heteroatoms. The van der Waals surface area contributed by atoms with E-state index in [2.05, 4.69) is 13.2 Å². The van der Waals surface area contributed by atoms with Gasteiger partial charge in [0.1, 0.15) is 36.2 Å². The van der Waals surface area contributed by atoms with E-state index >= 15 is 0 Å². The number of hydrogen-bond acceptors (Lipinski definition) is 6. The summed E-state index contributed by atoms with van der Waals surface area (Å²) in [6.45, 7) is 10.8. The maximum Gasteiger partial charge on any atom is 0.149 e. The summed E-state index contributed by atoms with van der Waals surface area (Å²) in [5.41, 5.74) is -1.39. The van der Waals surface area contributed by atoms with Crippen LogP contribution in [0.1, 0.15) is 71.6 Å². The van der Waals surface area contributed by atoms with Crippen molar-refractivity contribution in [1.82, 2.24) is 0 Å². The zero-order valence-corrected chi connectivity index (χ0v) is 19.3. The van der Waals surface area contributed by atoms with Crippen molar-refractivity contribution in [2.75, 3.05) is 0 Å². The molecule has 3 aliphatic carbocycles. The number of aldehydes is 3. The maximum atomic E-state index is 11.9. The second kappa shape index (κ2) is 12.5. The zero-order chi connectivity index (χ0) is 24.4. The highest BCUT2D eigenvalue weighted by Gasteiger charge is 2.46. The lowest BCUT2D eigenvalue weighted by Gasteiger charge is -2.18. The Kier molecular flexibility index (Phi) is 10.8. The predicted octanol–water partition coefficient (Wildman–Crippen LogP) is 4.05. The first kappa shape index (κ1) is 27.5. The molecule has 0 aromatic heterocycles. The summed E-state index contributed by atoms with van der Waals surface area (Å²) >= 11 is 0. The summed E-state index contributed by atoms with van der Waals surface area (Å²) in [5, 5.41) is 0. The molecular weight excluding hydrogens is 408 g/mol. The Labute approximate surface area is 190 Å². The predicted molar refractivity (Wildman–Crippen MR) is 122 cm³/mol. The average Bonchev–Trinajstić information content (AvgIpc) is 3.41. The Morgan fingerprint density at radius 2 is 1.66 bits per heavy atom. The fourth-order valence-corrected chi connectivity index (χ4v) is 4.52. The fourth-order valence-electron chi connectivity index (χ4n) is 4.52. The standard InChI is InChI=1S/C12H16O2.2C7H10O2/c1-3-5-10-6-8-12(9-13,7-4-2)11(10)14;1-5-2-3-6(4-8)7(5)9;1-7(5-8)4-2-3-6(7)9/h3-4,9-10H,1-2,5-8H2;4-6H,2-3H2,1H3;5H,2-4H2,1H3. The molecule has 3 rings (SSSR count). The Bertz CT molecular complexity index is 751. The molecule has 0 saturated heterocycles. The van der Waals surface area contributed by atoms with Gasteiger partial charge in [0.05, 0.1) is 16.7 Å². The van der Waals surface area contributed by atoms with Gasteiger partial charge >= 0.3 is 0 Å². The minimum Gasteiger partial charge on any atom is -0.303 e. The van der Waals surface area contributed by atoms with Crippen molar-refractivity contribution in [2.45, 2.75) is 71.6 Å². The molecule has 0 aromatic carbocycles. The lowest BCUT2D eigenvalue weighted by Crippen LogP contribution is -2.29. The summed E-state index contributed by atoms with van der Waals surface area (Å²) in [5.74, 6) is 0.160. The van der Waals surface area contributed by atoms with Gasteiger partial charge in [0.25, 0.3) is 0 Å². The van der Waals surface area contributed by atoms with Crippen molar-refractivity contribution >= 4 is 36.2 Å². The Balaban J connectivity index is 0.000000250. The number of carbonyl (C=O) groups excluding carboxylic acids is 6. The minimum absolute atomic E-state index is 0.00218. The number of allylic oxidation sites excluding steroid dienone is 2. The van der Waals surface area contributed by atoms with Gasteiger partial charge in [-0.05, 0) is 58.3 Å². The van der Waals surface area contributed by atoms with Gasteiger partial charge < -0.3 is 14.4 Å². The van der Waals surface area contributed by atoms with Crippen molar-refractivity contribution in [2.24, 2.45) is 28.6 Å². The molecule has 32 heavy (non-hydrogen) atoms. The number of Topliss-reactive ketones (excluding diaryl/α,β-unsaturated/α-hetero) is 3. The Morgan fingerprint density at radius 3 is 2.00 bits per heavy atom. The summed E-state index contributed by atoms with van der Waals surface area (Å²) in [6.07, 6.45) is 12.3. The van der Waals surface area contributed by atoms with Crippen LogP contribution in [0.5, 0.6) is 0 Å². The van der Waals surface area contributed by atoms with Crippen LogP contribution in [0.4, 0.5) is 0 Å². The summed E-state index contributed by atoms with van der Waals surface area (Å²) < 4.78 is 0. The van der Waals surface area contributed by atoms with E-state index in [0.29, 0.717) is 25.7 Å². The molecule has 5 atom stereocenters. The number of hydrogen-bond donors (Lipinski definition) is 0. The Morgan fingerprint density at radius 1 is 0.969 bits per heavy atom. The van der Waals surface area contributed by atoms with Crippen molar-refractivity contribution in [1.29, 1.82) is 0 Å². The van der Waals surface area contributed by atoms with E-state index in [4.69, 9.17) is 0 Å². The van der Waals surface area contributed by atoms with Crippen LogP contribution in [0.2, 0.25) is 0 Å². The monoisotopic (exact) mass is 444 g/mol. The molecule has 0 amide bonds. The third-order valence-corrected chi connectivity index (χ3v) is 6.91. The van der Waals surface area contributed by atoms with E-state index < -0.39 is 10.8 Å². The van der Waals surface area contributed by atoms with Crippen molar-refractivity contribution in [3.63, 3.8) is 0 Å². The lowest BCUT2D eigenvalue weighted by molar-refractivity contribution is -0.134. The number of rotatable bonds is 7. The third kappa shape index (κ3) is 6.50. The molecule has 6 nitrogen and oxygen atoms in total. The quantitative estimate of drug-likeness (QED) is 0.333. The van der Waals surface area contributed by atoms with Gasteiger partial charge in [-0.3, -0.25) is 14.4 Å². The second-order valence-corrected chi connectivity index (χ2v) is 9.33. The van der Waals surface area contributed by atoms with Crippen LogP contribution < -0.4 is 0 Å². The van der Waals surface area contributed by atoms with E-state index in [9.17, 15) is 28.8 Å². The highest BCUT2D eigenvalue weighted by Crippen LogP contribution is 2.41. The van der Waals surface area contributed by atoms with Crippen molar-refractivity contribution in [3.05, 3.63) is 25.3 Å². The van der Waals surface area contributed by atoms with Crippen LogP contribution in [-0.2, 0) is 28.8 Å². The van der Waals surface area contributed by atoms with Gasteiger partial charge in [0, 0.05) is 18.3 Å². The maximum absolute atomic E-state index is 11.9. The van der Waals surface area contributed by atoms with E-state index in [1.807, 2.05) is 6.92 Å². The summed E-state index contributed by atoms with van der Waals surface area (Å²) in [6, 6.07) is 0. The normalized spacial score (nSPS) is 33.4. The molecule has 0 radical (unpaired) electrons. The van der Waals surface area contributed by atoms with Gasteiger partial charge in [0.2, 0.25) is 0 Å². The average molecular weight is 445 g/mol. The van der Waals surface area contributed by atoms with Gasteiger partial charge in [-0.15, -0.1) is 13.2 Å². The van der Waals surface area contributed by atoms with Gasteiger partial charge in [-0.2, -0.15) is 0 Å². The molecule has 0 aliphatic heterocycles. The van der Waals surface area contributed by atoms with Crippen LogP contribution in [0.25, 0.3) is 0 Å². The van der Waals surface area contributed by atoms with Crippen molar-refractivity contribution < 1.29 is 28.8 Å². The SMILES string of the molecule is C=CCC1CCC(C=O)(CC=C)C1=O.CC1(C=O)CCCC1=O.CC1CCC(C=O)C1=O. The zero-order valence-electron chi connectivity index (χ0n) is 19.3. The molecular formula is C26H36O6.